The summed E-state index contributed by atoms with van der Waals surface area (Å²) in [6.07, 6.45) is 1.53. The molecular weight excluding hydrogens is 435 g/mol. The maximum atomic E-state index is 13.9. The van der Waals surface area contributed by atoms with Crippen molar-refractivity contribution >= 4 is 5.91 Å². The van der Waals surface area contributed by atoms with Gasteiger partial charge < -0.3 is 14.5 Å². The van der Waals surface area contributed by atoms with Crippen molar-refractivity contribution in [2.24, 2.45) is 0 Å². The minimum absolute atomic E-state index is 0.0234. The number of benzene rings is 2. The van der Waals surface area contributed by atoms with Crippen LogP contribution in [0.4, 0.5) is 13.2 Å². The van der Waals surface area contributed by atoms with Gasteiger partial charge in [0.25, 0.3) is 0 Å². The largest absolute Gasteiger partial charge is 0.441 e. The molecule has 2 aromatic carbocycles. The number of halogens is 3. The Morgan fingerprint density at radius 2 is 1.76 bits per heavy atom. The number of carbonyl (C=O) groups is 1. The number of hydrogen-bond acceptors (Lipinski definition) is 5. The summed E-state index contributed by atoms with van der Waals surface area (Å²) in [4.78, 5) is 18.7. The van der Waals surface area contributed by atoms with Crippen molar-refractivity contribution in [3.8, 4) is 11.3 Å². The van der Waals surface area contributed by atoms with Crippen LogP contribution in [-0.4, -0.2) is 48.6 Å². The molecular formula is C24H24F3N3O3. The standard InChI is InChI=1S/C24H24F3N3O3/c25-17-6-4-16(5-7-17)20(30-10-12-32-13-11-30)14-28-22(31)8-9-23-29-15-21(33-23)24-18(26)2-1-3-19(24)27/h1-7,15,20H,8-14H2,(H,28,31)/t20-/m0/s1. The fraction of sp³-hybridized carbons (Fsp3) is 0.333. The van der Waals surface area contributed by atoms with E-state index in [1.54, 1.807) is 12.1 Å². The molecule has 1 fully saturated rings. The molecule has 1 N–H and O–H groups in total. The predicted octanol–water partition coefficient (Wildman–Crippen LogP) is 3.88. The molecule has 0 radical (unpaired) electrons. The normalized spacial score (nSPS) is 15.4. The van der Waals surface area contributed by atoms with E-state index in [-0.39, 0.29) is 47.8 Å². The fourth-order valence-corrected chi connectivity index (χ4v) is 3.83. The van der Waals surface area contributed by atoms with Gasteiger partial charge in [0.1, 0.15) is 17.5 Å². The number of nitrogens with zero attached hydrogens (tertiary/aromatic N) is 2. The van der Waals surface area contributed by atoms with Gasteiger partial charge in [0.15, 0.2) is 11.7 Å². The Balaban J connectivity index is 1.35. The first-order valence-electron chi connectivity index (χ1n) is 10.7. The Morgan fingerprint density at radius 1 is 1.06 bits per heavy atom. The second-order valence-corrected chi connectivity index (χ2v) is 7.73. The fourth-order valence-electron chi connectivity index (χ4n) is 3.83. The quantitative estimate of drug-likeness (QED) is 0.554. The summed E-state index contributed by atoms with van der Waals surface area (Å²) in [5, 5.41) is 2.92. The molecule has 1 amide bonds. The third-order valence-electron chi connectivity index (χ3n) is 5.56. The first kappa shape index (κ1) is 23.0. The lowest BCUT2D eigenvalue weighted by Crippen LogP contribution is -2.43. The molecule has 6 nitrogen and oxygen atoms in total. The average Bonchev–Trinajstić information content (AvgIpc) is 3.28. The number of aryl methyl sites for hydroxylation is 1. The van der Waals surface area contributed by atoms with Gasteiger partial charge in [-0.15, -0.1) is 0 Å². The van der Waals surface area contributed by atoms with Gasteiger partial charge in [-0.05, 0) is 29.8 Å². The molecule has 0 bridgehead atoms. The Morgan fingerprint density at radius 3 is 2.45 bits per heavy atom. The lowest BCUT2D eigenvalue weighted by atomic mass is 10.0. The van der Waals surface area contributed by atoms with E-state index in [0.29, 0.717) is 32.8 Å². The topological polar surface area (TPSA) is 67.6 Å². The van der Waals surface area contributed by atoms with Gasteiger partial charge >= 0.3 is 0 Å². The van der Waals surface area contributed by atoms with E-state index in [1.165, 1.54) is 24.4 Å². The highest BCUT2D eigenvalue weighted by Crippen LogP contribution is 2.27. The van der Waals surface area contributed by atoms with E-state index in [4.69, 9.17) is 9.15 Å². The Bertz CT molecular complexity index is 1060. The molecule has 0 aliphatic carbocycles. The van der Waals surface area contributed by atoms with Crippen molar-refractivity contribution in [1.29, 1.82) is 0 Å². The molecule has 1 aliphatic rings. The first-order valence-corrected chi connectivity index (χ1v) is 10.7. The van der Waals surface area contributed by atoms with E-state index in [0.717, 1.165) is 17.7 Å². The minimum Gasteiger partial charge on any atom is -0.441 e. The van der Waals surface area contributed by atoms with Crippen molar-refractivity contribution in [3.05, 3.63) is 77.6 Å². The molecule has 174 valence electrons. The van der Waals surface area contributed by atoms with Crippen LogP contribution in [0.3, 0.4) is 0 Å². The predicted molar refractivity (Wildman–Crippen MR) is 115 cm³/mol. The highest BCUT2D eigenvalue weighted by molar-refractivity contribution is 5.76. The first-order chi connectivity index (χ1) is 16.0. The van der Waals surface area contributed by atoms with Crippen LogP contribution in [0.15, 0.2) is 53.1 Å². The third-order valence-corrected chi connectivity index (χ3v) is 5.56. The van der Waals surface area contributed by atoms with Crippen LogP contribution in [0.25, 0.3) is 11.3 Å². The van der Waals surface area contributed by atoms with Gasteiger partial charge in [0.2, 0.25) is 5.91 Å². The lowest BCUT2D eigenvalue weighted by Gasteiger charge is -2.35. The molecule has 1 atom stereocenters. The van der Waals surface area contributed by atoms with Crippen LogP contribution in [0, 0.1) is 17.5 Å². The molecule has 3 aromatic rings. The number of ether oxygens (including phenoxy) is 1. The Labute approximate surface area is 189 Å². The third kappa shape index (κ3) is 5.80. The number of oxazole rings is 1. The van der Waals surface area contributed by atoms with Crippen LogP contribution in [-0.2, 0) is 16.0 Å². The van der Waals surface area contributed by atoms with Crippen LogP contribution in [0.1, 0.15) is 23.9 Å². The smallest absolute Gasteiger partial charge is 0.220 e. The molecule has 0 saturated carbocycles. The van der Waals surface area contributed by atoms with Gasteiger partial charge in [0.05, 0.1) is 31.0 Å². The van der Waals surface area contributed by atoms with Crippen molar-refractivity contribution < 1.29 is 27.1 Å². The zero-order valence-electron chi connectivity index (χ0n) is 17.9. The zero-order valence-corrected chi connectivity index (χ0v) is 17.9. The molecule has 1 saturated heterocycles. The van der Waals surface area contributed by atoms with E-state index >= 15 is 0 Å². The van der Waals surface area contributed by atoms with Gasteiger partial charge in [0, 0.05) is 32.5 Å². The van der Waals surface area contributed by atoms with Gasteiger partial charge in [-0.2, -0.15) is 0 Å². The van der Waals surface area contributed by atoms with Crippen LogP contribution in [0.2, 0.25) is 0 Å². The highest BCUT2D eigenvalue weighted by Gasteiger charge is 2.23. The van der Waals surface area contributed by atoms with Crippen LogP contribution < -0.4 is 5.32 Å². The molecule has 0 unspecified atom stereocenters. The summed E-state index contributed by atoms with van der Waals surface area (Å²) < 4.78 is 52.1. The highest BCUT2D eigenvalue weighted by atomic mass is 19.1. The minimum atomic E-state index is -0.745. The second kappa shape index (κ2) is 10.6. The number of aromatic nitrogens is 1. The number of rotatable bonds is 8. The number of carbonyl (C=O) groups excluding carboxylic acids is 1. The van der Waals surface area contributed by atoms with E-state index in [9.17, 15) is 18.0 Å². The van der Waals surface area contributed by atoms with Crippen LogP contribution in [0.5, 0.6) is 0 Å². The summed E-state index contributed by atoms with van der Waals surface area (Å²) in [6, 6.07) is 9.68. The Hall–Kier alpha value is -3.17. The van der Waals surface area contributed by atoms with E-state index < -0.39 is 11.6 Å². The van der Waals surface area contributed by atoms with Gasteiger partial charge in [-0.3, -0.25) is 9.69 Å². The van der Waals surface area contributed by atoms with Crippen molar-refractivity contribution in [3.63, 3.8) is 0 Å². The number of hydrogen-bond donors (Lipinski definition) is 1. The molecule has 4 rings (SSSR count). The van der Waals surface area contributed by atoms with Crippen LogP contribution >= 0.6 is 0 Å². The molecule has 9 heteroatoms. The molecule has 1 aliphatic heterocycles. The molecule has 33 heavy (non-hydrogen) atoms. The maximum Gasteiger partial charge on any atom is 0.220 e. The lowest BCUT2D eigenvalue weighted by molar-refractivity contribution is -0.121. The average molecular weight is 459 g/mol. The van der Waals surface area contributed by atoms with Crippen molar-refractivity contribution in [2.45, 2.75) is 18.9 Å². The SMILES string of the molecule is O=C(CCc1ncc(-c2c(F)cccc2F)o1)NC[C@@H](c1ccc(F)cc1)N1CCOCC1. The van der Waals surface area contributed by atoms with E-state index in [2.05, 4.69) is 15.2 Å². The number of morpholine rings is 1. The molecule has 1 aromatic heterocycles. The summed E-state index contributed by atoms with van der Waals surface area (Å²) in [6.45, 7) is 2.97. The van der Waals surface area contributed by atoms with Gasteiger partial charge in [-0.1, -0.05) is 18.2 Å². The zero-order chi connectivity index (χ0) is 23.2. The van der Waals surface area contributed by atoms with E-state index in [1.807, 2.05) is 0 Å². The summed E-state index contributed by atoms with van der Waals surface area (Å²) in [5.41, 5.74) is 0.621. The molecule has 0 spiro atoms. The number of amides is 1. The molecule has 2 heterocycles. The summed E-state index contributed by atoms with van der Waals surface area (Å²) in [5.74, 6) is -1.83. The van der Waals surface area contributed by atoms with Crippen molar-refractivity contribution in [2.75, 3.05) is 32.8 Å². The number of nitrogens with one attached hydrogen (secondary N) is 1. The Kier molecular flexibility index (Phi) is 7.41. The van der Waals surface area contributed by atoms with Gasteiger partial charge in [-0.25, -0.2) is 18.2 Å². The summed E-state index contributed by atoms with van der Waals surface area (Å²) in [7, 11) is 0. The summed E-state index contributed by atoms with van der Waals surface area (Å²) >= 11 is 0. The second-order valence-electron chi connectivity index (χ2n) is 7.73. The monoisotopic (exact) mass is 459 g/mol. The van der Waals surface area contributed by atoms with Crippen molar-refractivity contribution in [1.82, 2.24) is 15.2 Å². The maximum absolute atomic E-state index is 13.9.